The highest BCUT2D eigenvalue weighted by Crippen LogP contribution is 2.58. The van der Waals surface area contributed by atoms with E-state index in [1.807, 2.05) is 0 Å². The van der Waals surface area contributed by atoms with Gasteiger partial charge in [0, 0.05) is 45.3 Å². The zero-order valence-electron chi connectivity index (χ0n) is 28.1. The van der Waals surface area contributed by atoms with Crippen LogP contribution in [0, 0.1) is 34.0 Å². The zero-order valence-corrected chi connectivity index (χ0v) is 28.1. The molecule has 230 valence electrons. The Bertz CT molecular complexity index is 821. The van der Waals surface area contributed by atoms with E-state index in [1.54, 1.807) is 14.2 Å². The Balaban J connectivity index is 2.60. The number of ether oxygens (including phenoxy) is 5. The molecular weight excluding hydrogens is 492 g/mol. The molecule has 6 heteroatoms. The molecule has 0 N–H and O–H groups in total. The van der Waals surface area contributed by atoms with Crippen LogP contribution in [0.3, 0.4) is 0 Å². The second kappa shape index (κ2) is 11.9. The van der Waals surface area contributed by atoms with Gasteiger partial charge in [-0.1, -0.05) is 76.2 Å². The number of carbonyl (C=O) groups excluding carboxylic acids is 1. The van der Waals surface area contributed by atoms with Gasteiger partial charge in [0.1, 0.15) is 5.60 Å². The number of rotatable bonds is 11. The standard InChI is InChI=1S/C33H62O6/c1-22(2)25(35-14)37-30(12)19-32(38-26(36-15)23(3)4)16-24(5)17-33(20-30,21-32)39-27(34)31(13,29(9,10)11)18-28(6,7)8/h22-26H,16-21H2,1-15H3. The third-order valence-corrected chi connectivity index (χ3v) is 9.10. The largest absolute Gasteiger partial charge is 0.458 e. The summed E-state index contributed by atoms with van der Waals surface area (Å²) in [4.78, 5) is 14.4. The summed E-state index contributed by atoms with van der Waals surface area (Å²) in [5.74, 6) is 0.580. The predicted molar refractivity (Wildman–Crippen MR) is 157 cm³/mol. The molecule has 0 radical (unpaired) electrons. The summed E-state index contributed by atoms with van der Waals surface area (Å²) in [6, 6.07) is 0. The second-order valence-electron chi connectivity index (χ2n) is 16.5. The van der Waals surface area contributed by atoms with Crippen LogP contribution in [0.1, 0.15) is 129 Å². The lowest BCUT2D eigenvalue weighted by Gasteiger charge is -2.60. The number of hydrogen-bond donors (Lipinski definition) is 0. The minimum atomic E-state index is -0.698. The zero-order chi connectivity index (χ0) is 30.2. The van der Waals surface area contributed by atoms with Gasteiger partial charge in [0.15, 0.2) is 12.6 Å². The fourth-order valence-corrected chi connectivity index (χ4v) is 7.55. The van der Waals surface area contributed by atoms with E-state index in [-0.39, 0.29) is 41.2 Å². The van der Waals surface area contributed by atoms with Gasteiger partial charge in [0.05, 0.1) is 16.6 Å². The molecular formula is C33H62O6. The lowest BCUT2D eigenvalue weighted by molar-refractivity contribution is -0.314. The quantitative estimate of drug-likeness (QED) is 0.190. The van der Waals surface area contributed by atoms with Crippen LogP contribution in [0.25, 0.3) is 0 Å². The van der Waals surface area contributed by atoms with Gasteiger partial charge in [-0.05, 0) is 49.9 Å². The predicted octanol–water partition coefficient (Wildman–Crippen LogP) is 8.16. The van der Waals surface area contributed by atoms with Crippen molar-refractivity contribution in [2.75, 3.05) is 14.2 Å². The first kappa shape index (κ1) is 34.5. The van der Waals surface area contributed by atoms with Crippen molar-refractivity contribution in [1.82, 2.24) is 0 Å². The molecule has 7 unspecified atom stereocenters. The monoisotopic (exact) mass is 554 g/mol. The van der Waals surface area contributed by atoms with Crippen LogP contribution >= 0.6 is 0 Å². The highest BCUT2D eigenvalue weighted by atomic mass is 16.7. The fourth-order valence-electron chi connectivity index (χ4n) is 7.55. The Labute approximate surface area is 240 Å². The molecule has 2 rings (SSSR count). The van der Waals surface area contributed by atoms with E-state index >= 15 is 0 Å². The molecule has 2 saturated carbocycles. The lowest BCUT2D eigenvalue weighted by atomic mass is 9.58. The van der Waals surface area contributed by atoms with E-state index in [0.29, 0.717) is 25.2 Å². The fraction of sp³-hybridized carbons (Fsp3) is 0.970. The maximum absolute atomic E-state index is 14.4. The molecule has 6 nitrogen and oxygen atoms in total. The van der Waals surface area contributed by atoms with E-state index in [9.17, 15) is 4.79 Å². The smallest absolute Gasteiger partial charge is 0.312 e. The average molecular weight is 555 g/mol. The van der Waals surface area contributed by atoms with Crippen molar-refractivity contribution < 1.29 is 28.5 Å². The molecule has 0 aromatic carbocycles. The molecule has 39 heavy (non-hydrogen) atoms. The van der Waals surface area contributed by atoms with E-state index in [4.69, 9.17) is 23.7 Å². The van der Waals surface area contributed by atoms with Crippen LogP contribution in [0.5, 0.6) is 0 Å². The topological polar surface area (TPSA) is 63.2 Å². The molecule has 0 heterocycles. The normalized spacial score (nSPS) is 33.1. The van der Waals surface area contributed by atoms with Gasteiger partial charge in [-0.2, -0.15) is 0 Å². The SMILES string of the molecule is COC(OC1(C)CC2(OC(=O)C(C)(CC(C)(C)C)C(C)(C)C)CC(C)CC(OC(OC)C(C)C)(C1)C2)C(C)C. The summed E-state index contributed by atoms with van der Waals surface area (Å²) in [5.41, 5.74) is -2.78. The van der Waals surface area contributed by atoms with Crippen molar-refractivity contribution in [2.45, 2.75) is 158 Å². The molecule has 0 aromatic heterocycles. The molecule has 0 amide bonds. The first-order chi connectivity index (χ1) is 17.5. The van der Waals surface area contributed by atoms with Crippen LogP contribution in [-0.4, -0.2) is 49.6 Å². The average Bonchev–Trinajstić information content (AvgIpc) is 2.72. The van der Waals surface area contributed by atoms with Gasteiger partial charge in [0.25, 0.3) is 0 Å². The maximum Gasteiger partial charge on any atom is 0.312 e. The van der Waals surface area contributed by atoms with Crippen LogP contribution in [0.15, 0.2) is 0 Å². The third-order valence-electron chi connectivity index (χ3n) is 9.10. The summed E-state index contributed by atoms with van der Waals surface area (Å²) >= 11 is 0. The number of fused-ring (bicyclic) bond motifs is 2. The van der Waals surface area contributed by atoms with Crippen LogP contribution in [-0.2, 0) is 28.5 Å². The lowest BCUT2D eigenvalue weighted by Crippen LogP contribution is -2.64. The molecule has 0 aromatic rings. The third kappa shape index (κ3) is 8.20. The van der Waals surface area contributed by atoms with Gasteiger partial charge in [-0.3, -0.25) is 4.79 Å². The van der Waals surface area contributed by atoms with Gasteiger partial charge in [-0.25, -0.2) is 0 Å². The molecule has 0 aliphatic heterocycles. The first-order valence-electron chi connectivity index (χ1n) is 15.2. The second-order valence-corrected chi connectivity index (χ2v) is 16.5. The molecule has 0 saturated heterocycles. The van der Waals surface area contributed by atoms with E-state index in [1.165, 1.54) is 0 Å². The van der Waals surface area contributed by atoms with Crippen molar-refractivity contribution in [3.63, 3.8) is 0 Å². The van der Waals surface area contributed by atoms with Gasteiger partial charge in [-0.15, -0.1) is 0 Å². The van der Waals surface area contributed by atoms with Gasteiger partial charge < -0.3 is 23.7 Å². The van der Waals surface area contributed by atoms with Crippen molar-refractivity contribution in [2.24, 2.45) is 34.0 Å². The molecule has 7 atom stereocenters. The van der Waals surface area contributed by atoms with Crippen molar-refractivity contribution in [1.29, 1.82) is 0 Å². The Morgan fingerprint density at radius 1 is 0.795 bits per heavy atom. The van der Waals surface area contributed by atoms with Gasteiger partial charge in [0.2, 0.25) is 0 Å². The molecule has 0 spiro atoms. The van der Waals surface area contributed by atoms with Crippen LogP contribution in [0.4, 0.5) is 0 Å². The number of hydrogen-bond acceptors (Lipinski definition) is 6. The van der Waals surface area contributed by atoms with Crippen molar-refractivity contribution >= 4 is 5.97 Å². The molecule has 2 aliphatic rings. The van der Waals surface area contributed by atoms with Crippen molar-refractivity contribution in [3.8, 4) is 0 Å². The summed E-state index contributed by atoms with van der Waals surface area (Å²) in [6.45, 7) is 28.0. The molecule has 2 aliphatic carbocycles. The maximum atomic E-state index is 14.4. The Hall–Kier alpha value is -0.690. The van der Waals surface area contributed by atoms with E-state index in [2.05, 4.69) is 90.0 Å². The number of carbonyl (C=O) groups is 1. The summed E-state index contributed by atoms with van der Waals surface area (Å²) in [7, 11) is 3.41. The number of esters is 1. The summed E-state index contributed by atoms with van der Waals surface area (Å²) in [6.07, 6.45) is 3.64. The van der Waals surface area contributed by atoms with E-state index < -0.39 is 22.2 Å². The Kier molecular flexibility index (Phi) is 10.5. The van der Waals surface area contributed by atoms with E-state index in [0.717, 1.165) is 19.3 Å². The molecule has 2 bridgehead atoms. The summed E-state index contributed by atoms with van der Waals surface area (Å²) in [5, 5.41) is 0. The Morgan fingerprint density at radius 3 is 1.69 bits per heavy atom. The minimum absolute atomic E-state index is 0.0263. The Morgan fingerprint density at radius 2 is 1.26 bits per heavy atom. The number of methoxy groups -OCH3 is 2. The minimum Gasteiger partial charge on any atom is -0.458 e. The highest BCUT2D eigenvalue weighted by molar-refractivity contribution is 5.78. The van der Waals surface area contributed by atoms with Gasteiger partial charge >= 0.3 is 5.97 Å². The van der Waals surface area contributed by atoms with Crippen LogP contribution < -0.4 is 0 Å². The summed E-state index contributed by atoms with van der Waals surface area (Å²) < 4.78 is 32.1. The van der Waals surface area contributed by atoms with Crippen molar-refractivity contribution in [3.05, 3.63) is 0 Å². The highest BCUT2D eigenvalue weighted by Gasteiger charge is 2.62. The first-order valence-corrected chi connectivity index (χ1v) is 15.2. The molecule has 2 fully saturated rings. The van der Waals surface area contributed by atoms with Crippen LogP contribution in [0.2, 0.25) is 0 Å².